The SMILES string of the molecule is c1ccc(-c2nc(-c3ccccc3)nc(-c3ccc4c(c3)C(c3ccccc3)(c3ccccc3)c3cc(C5(c6ccccc6)c6ccccc6-c6c5ccc5ccccc65)ccc3-4)n2)cc1. The highest BCUT2D eigenvalue weighted by Gasteiger charge is 2.50. The monoisotopic (exact) mass is 839 g/mol. The van der Waals surface area contributed by atoms with Gasteiger partial charge in [-0.1, -0.05) is 243 Å². The van der Waals surface area contributed by atoms with Crippen molar-refractivity contribution in [2.75, 3.05) is 0 Å². The van der Waals surface area contributed by atoms with Crippen molar-refractivity contribution in [3.8, 4) is 56.4 Å². The first kappa shape index (κ1) is 38.0. The molecule has 0 spiro atoms. The minimum Gasteiger partial charge on any atom is -0.208 e. The maximum absolute atomic E-state index is 5.22. The molecule has 10 aromatic carbocycles. The number of rotatable bonds is 7. The van der Waals surface area contributed by atoms with Gasteiger partial charge in [0.05, 0.1) is 10.8 Å². The van der Waals surface area contributed by atoms with Crippen LogP contribution in [0.25, 0.3) is 67.2 Å². The molecule has 2 aliphatic rings. The minimum absolute atomic E-state index is 0.599. The van der Waals surface area contributed by atoms with E-state index in [1.165, 1.54) is 77.5 Å². The lowest BCUT2D eigenvalue weighted by Crippen LogP contribution is -2.31. The second kappa shape index (κ2) is 15.0. The van der Waals surface area contributed by atoms with E-state index in [9.17, 15) is 0 Å². The van der Waals surface area contributed by atoms with E-state index < -0.39 is 10.8 Å². The summed E-state index contributed by atoms with van der Waals surface area (Å²) in [6.07, 6.45) is 0. The van der Waals surface area contributed by atoms with Gasteiger partial charge < -0.3 is 0 Å². The zero-order valence-corrected chi connectivity index (χ0v) is 36.0. The maximum Gasteiger partial charge on any atom is 0.164 e. The van der Waals surface area contributed by atoms with E-state index in [0.717, 1.165) is 16.7 Å². The van der Waals surface area contributed by atoms with Crippen LogP contribution >= 0.6 is 0 Å². The van der Waals surface area contributed by atoms with E-state index >= 15 is 0 Å². The van der Waals surface area contributed by atoms with Crippen LogP contribution < -0.4 is 0 Å². The van der Waals surface area contributed by atoms with Crippen LogP contribution in [0.1, 0.15) is 44.5 Å². The first-order valence-corrected chi connectivity index (χ1v) is 22.7. The van der Waals surface area contributed by atoms with Gasteiger partial charge in [0.15, 0.2) is 17.5 Å². The number of nitrogens with zero attached hydrogens (tertiary/aromatic N) is 3. The van der Waals surface area contributed by atoms with Crippen molar-refractivity contribution in [1.82, 2.24) is 15.0 Å². The predicted molar refractivity (Wildman–Crippen MR) is 268 cm³/mol. The van der Waals surface area contributed by atoms with Gasteiger partial charge in [0.1, 0.15) is 0 Å². The summed E-state index contributed by atoms with van der Waals surface area (Å²) in [5, 5.41) is 2.51. The van der Waals surface area contributed by atoms with Gasteiger partial charge in [-0.2, -0.15) is 0 Å². The third-order valence-corrected chi connectivity index (χ3v) is 14.1. The molecule has 0 saturated heterocycles. The van der Waals surface area contributed by atoms with E-state index in [1.54, 1.807) is 0 Å². The van der Waals surface area contributed by atoms with Gasteiger partial charge in [-0.25, -0.2) is 15.0 Å². The van der Waals surface area contributed by atoms with Crippen molar-refractivity contribution in [3.63, 3.8) is 0 Å². The number of hydrogen-bond acceptors (Lipinski definition) is 3. The zero-order valence-electron chi connectivity index (χ0n) is 36.0. The van der Waals surface area contributed by atoms with Gasteiger partial charge in [0.2, 0.25) is 0 Å². The van der Waals surface area contributed by atoms with E-state index in [2.05, 4.69) is 212 Å². The first-order chi connectivity index (χ1) is 32.7. The maximum atomic E-state index is 5.22. The molecule has 11 aromatic rings. The molecule has 2 aliphatic carbocycles. The molecular formula is C63H41N3. The second-order valence-corrected chi connectivity index (χ2v) is 17.4. The zero-order chi connectivity index (χ0) is 43.7. The van der Waals surface area contributed by atoms with Crippen LogP contribution in [0.15, 0.2) is 249 Å². The number of aromatic nitrogens is 3. The molecule has 1 heterocycles. The van der Waals surface area contributed by atoms with Gasteiger partial charge in [-0.05, 0) is 83.6 Å². The van der Waals surface area contributed by atoms with Crippen molar-refractivity contribution in [3.05, 3.63) is 293 Å². The molecule has 66 heavy (non-hydrogen) atoms. The van der Waals surface area contributed by atoms with Crippen LogP contribution in [0.3, 0.4) is 0 Å². The summed E-state index contributed by atoms with van der Waals surface area (Å²) in [5.74, 6) is 1.91. The summed E-state index contributed by atoms with van der Waals surface area (Å²) >= 11 is 0. The first-order valence-electron chi connectivity index (χ1n) is 22.7. The van der Waals surface area contributed by atoms with Crippen LogP contribution in [-0.4, -0.2) is 15.0 Å². The topological polar surface area (TPSA) is 38.7 Å². The van der Waals surface area contributed by atoms with Crippen molar-refractivity contribution < 1.29 is 0 Å². The number of fused-ring (bicyclic) bond motifs is 8. The van der Waals surface area contributed by atoms with Crippen LogP contribution in [0.5, 0.6) is 0 Å². The number of hydrogen-bond donors (Lipinski definition) is 0. The van der Waals surface area contributed by atoms with Gasteiger partial charge in [-0.15, -0.1) is 0 Å². The molecule has 13 rings (SSSR count). The molecule has 3 nitrogen and oxygen atoms in total. The smallest absolute Gasteiger partial charge is 0.164 e. The average Bonchev–Trinajstić information content (AvgIpc) is 3.88. The molecule has 0 amide bonds. The van der Waals surface area contributed by atoms with Crippen LogP contribution in [0.2, 0.25) is 0 Å². The van der Waals surface area contributed by atoms with Crippen LogP contribution in [0.4, 0.5) is 0 Å². The Kier molecular flexibility index (Phi) is 8.66. The normalized spacial score (nSPS) is 15.2. The third kappa shape index (κ3) is 5.53. The predicted octanol–water partition coefficient (Wildman–Crippen LogP) is 14.8. The molecule has 0 radical (unpaired) electrons. The molecular weight excluding hydrogens is 799 g/mol. The van der Waals surface area contributed by atoms with Crippen molar-refractivity contribution in [1.29, 1.82) is 0 Å². The molecule has 1 atom stereocenters. The summed E-state index contributed by atoms with van der Waals surface area (Å²) in [7, 11) is 0. The summed E-state index contributed by atoms with van der Waals surface area (Å²) in [6, 6.07) is 90.5. The van der Waals surface area contributed by atoms with Gasteiger partial charge in [0.25, 0.3) is 0 Å². The van der Waals surface area contributed by atoms with Gasteiger partial charge in [0, 0.05) is 16.7 Å². The molecule has 3 heteroatoms. The quantitative estimate of drug-likeness (QED) is 0.160. The summed E-state index contributed by atoms with van der Waals surface area (Å²) in [4.78, 5) is 15.5. The number of benzene rings is 10. The Morgan fingerprint density at radius 3 is 1.30 bits per heavy atom. The lowest BCUT2D eigenvalue weighted by atomic mass is 9.64. The van der Waals surface area contributed by atoms with Crippen molar-refractivity contribution in [2.24, 2.45) is 0 Å². The molecule has 1 unspecified atom stereocenters. The highest BCUT2D eigenvalue weighted by atomic mass is 15.0. The van der Waals surface area contributed by atoms with E-state index in [4.69, 9.17) is 15.0 Å². The second-order valence-electron chi connectivity index (χ2n) is 17.4. The van der Waals surface area contributed by atoms with E-state index in [-0.39, 0.29) is 0 Å². The van der Waals surface area contributed by atoms with E-state index in [0.29, 0.717) is 17.5 Å². The van der Waals surface area contributed by atoms with Crippen LogP contribution in [-0.2, 0) is 10.8 Å². The Balaban J connectivity index is 1.10. The van der Waals surface area contributed by atoms with Crippen molar-refractivity contribution in [2.45, 2.75) is 10.8 Å². The summed E-state index contributed by atoms with van der Waals surface area (Å²) in [5.41, 5.74) is 16.4. The Morgan fingerprint density at radius 1 is 0.258 bits per heavy atom. The molecule has 0 bridgehead atoms. The molecule has 0 aliphatic heterocycles. The Labute approximate surface area is 384 Å². The molecule has 0 saturated carbocycles. The Morgan fingerprint density at radius 2 is 0.712 bits per heavy atom. The molecule has 308 valence electrons. The van der Waals surface area contributed by atoms with E-state index in [1.807, 2.05) is 36.4 Å². The lowest BCUT2D eigenvalue weighted by molar-refractivity contribution is 0.742. The fourth-order valence-corrected chi connectivity index (χ4v) is 11.3. The van der Waals surface area contributed by atoms with Gasteiger partial charge in [-0.3, -0.25) is 0 Å². The highest BCUT2D eigenvalue weighted by Crippen LogP contribution is 2.61. The average molecular weight is 840 g/mol. The molecule has 0 N–H and O–H groups in total. The molecule has 0 fully saturated rings. The Bertz CT molecular complexity index is 3530. The fourth-order valence-electron chi connectivity index (χ4n) is 11.3. The minimum atomic E-state index is -0.695. The fraction of sp³-hybridized carbons (Fsp3) is 0.0317. The lowest BCUT2D eigenvalue weighted by Gasteiger charge is -2.37. The highest BCUT2D eigenvalue weighted by molar-refractivity contribution is 6.04. The van der Waals surface area contributed by atoms with Gasteiger partial charge >= 0.3 is 0 Å². The van der Waals surface area contributed by atoms with Crippen LogP contribution in [0, 0.1) is 0 Å². The summed E-state index contributed by atoms with van der Waals surface area (Å²) < 4.78 is 0. The third-order valence-electron chi connectivity index (χ3n) is 14.1. The largest absolute Gasteiger partial charge is 0.208 e. The Hall–Kier alpha value is -8.53. The molecule has 1 aromatic heterocycles. The van der Waals surface area contributed by atoms with Crippen molar-refractivity contribution >= 4 is 10.8 Å². The standard InChI is InChI=1S/C63H41N3/c1-6-21-43(22-7-1)59-64-60(44-23-8-2-9-24-44)66-61(65-59)45-34-37-51-52-38-36-49(41-57(52)62(56(51)40-45,46-25-10-3-11-26-46)47-27-12-4-13-28-47)63(48-29-14-5-15-30-48)54-33-19-18-32-53(54)58-50-31-17-16-20-42(50)35-39-55(58)63/h1-41H. The summed E-state index contributed by atoms with van der Waals surface area (Å²) in [6.45, 7) is 0.